The van der Waals surface area contributed by atoms with Crippen LogP contribution in [0.3, 0.4) is 0 Å². The quantitative estimate of drug-likeness (QED) is 0.790. The zero-order chi connectivity index (χ0) is 12.0. The average Bonchev–Trinajstić information content (AvgIpc) is 2.26. The minimum atomic E-state index is -1.15. The molecule has 17 heavy (non-hydrogen) atoms. The van der Waals surface area contributed by atoms with Gasteiger partial charge in [-0.3, -0.25) is 0 Å². The highest BCUT2D eigenvalue weighted by Crippen LogP contribution is 2.57. The van der Waals surface area contributed by atoms with Crippen LogP contribution in [0.1, 0.15) is 44.9 Å². The van der Waals surface area contributed by atoms with Crippen LogP contribution in [0, 0.1) is 29.6 Å². The van der Waals surface area contributed by atoms with Crippen LogP contribution in [-0.4, -0.2) is 22.3 Å². The number of hydrogen-bond donors (Lipinski definition) is 2. The van der Waals surface area contributed by atoms with Crippen LogP contribution >= 0.6 is 0 Å². The molecule has 4 fully saturated rings. The SMILES string of the molecule is O=C(O)C(O)CCC1C2CC3CC(C2)CC1C3. The molecular weight excluding hydrogens is 216 g/mol. The minimum Gasteiger partial charge on any atom is -0.479 e. The zero-order valence-corrected chi connectivity index (χ0v) is 10.2. The number of hydrogen-bond acceptors (Lipinski definition) is 2. The summed E-state index contributed by atoms with van der Waals surface area (Å²) in [7, 11) is 0. The van der Waals surface area contributed by atoms with Gasteiger partial charge in [-0.25, -0.2) is 4.79 Å². The van der Waals surface area contributed by atoms with Crippen molar-refractivity contribution in [1.29, 1.82) is 0 Å². The molecule has 3 heteroatoms. The Hall–Kier alpha value is -0.570. The molecule has 4 saturated carbocycles. The average molecular weight is 238 g/mol. The lowest BCUT2D eigenvalue weighted by Gasteiger charge is -2.54. The number of carboxylic acid groups (broad SMARTS) is 1. The van der Waals surface area contributed by atoms with Crippen LogP contribution in [0.2, 0.25) is 0 Å². The Morgan fingerprint density at radius 3 is 2.06 bits per heavy atom. The van der Waals surface area contributed by atoms with Gasteiger partial charge in [-0.05, 0) is 74.5 Å². The van der Waals surface area contributed by atoms with E-state index in [9.17, 15) is 9.90 Å². The summed E-state index contributed by atoms with van der Waals surface area (Å²) < 4.78 is 0. The molecule has 0 aromatic carbocycles. The first-order valence-corrected chi connectivity index (χ1v) is 7.04. The second kappa shape index (κ2) is 4.27. The van der Waals surface area contributed by atoms with Gasteiger partial charge >= 0.3 is 5.97 Å². The van der Waals surface area contributed by atoms with Crippen molar-refractivity contribution in [2.24, 2.45) is 29.6 Å². The number of aliphatic hydroxyl groups excluding tert-OH is 1. The molecule has 4 aliphatic carbocycles. The van der Waals surface area contributed by atoms with E-state index >= 15 is 0 Å². The van der Waals surface area contributed by atoms with Crippen molar-refractivity contribution in [3.63, 3.8) is 0 Å². The summed E-state index contributed by atoms with van der Waals surface area (Å²) in [6.07, 6.45) is 7.18. The molecule has 0 aromatic rings. The van der Waals surface area contributed by atoms with E-state index in [0.29, 0.717) is 12.3 Å². The maximum Gasteiger partial charge on any atom is 0.332 e. The fourth-order valence-electron chi connectivity index (χ4n) is 4.98. The summed E-state index contributed by atoms with van der Waals surface area (Å²) in [5.74, 6) is 3.27. The highest BCUT2D eigenvalue weighted by atomic mass is 16.4. The predicted molar refractivity (Wildman–Crippen MR) is 63.4 cm³/mol. The minimum absolute atomic E-state index is 0.447. The van der Waals surface area contributed by atoms with Crippen LogP contribution in [0.25, 0.3) is 0 Å². The Kier molecular flexibility index (Phi) is 2.89. The third kappa shape index (κ3) is 2.10. The molecule has 0 saturated heterocycles. The molecule has 3 nitrogen and oxygen atoms in total. The Morgan fingerprint density at radius 1 is 1.06 bits per heavy atom. The van der Waals surface area contributed by atoms with Gasteiger partial charge in [0.15, 0.2) is 6.10 Å². The standard InChI is InChI=1S/C14H22O3/c15-13(14(16)17)2-1-12-10-4-8-3-9(6-10)7-11(12)5-8/h8-13,15H,1-7H2,(H,16,17). The molecule has 0 aromatic heterocycles. The van der Waals surface area contributed by atoms with Gasteiger partial charge in [-0.2, -0.15) is 0 Å². The van der Waals surface area contributed by atoms with Gasteiger partial charge in [0.05, 0.1) is 0 Å². The zero-order valence-electron chi connectivity index (χ0n) is 10.2. The number of carboxylic acids is 1. The van der Waals surface area contributed by atoms with Gasteiger partial charge in [-0.1, -0.05) is 0 Å². The molecule has 1 unspecified atom stereocenters. The summed E-state index contributed by atoms with van der Waals surface area (Å²) in [4.78, 5) is 10.6. The fourth-order valence-corrected chi connectivity index (χ4v) is 4.98. The normalized spacial score (nSPS) is 44.9. The number of aliphatic carboxylic acids is 1. The van der Waals surface area contributed by atoms with Crippen molar-refractivity contribution in [3.05, 3.63) is 0 Å². The van der Waals surface area contributed by atoms with Crippen molar-refractivity contribution in [2.75, 3.05) is 0 Å². The molecule has 0 radical (unpaired) electrons. The summed E-state index contributed by atoms with van der Waals surface area (Å²) in [6.45, 7) is 0. The molecule has 4 aliphatic rings. The topological polar surface area (TPSA) is 57.5 Å². The molecule has 1 atom stereocenters. The van der Waals surface area contributed by atoms with E-state index in [1.54, 1.807) is 0 Å². The molecule has 0 amide bonds. The van der Waals surface area contributed by atoms with E-state index in [0.717, 1.165) is 30.1 Å². The molecular formula is C14H22O3. The number of aliphatic hydroxyl groups is 1. The first kappa shape index (κ1) is 11.5. The molecule has 96 valence electrons. The lowest BCUT2D eigenvalue weighted by atomic mass is 9.51. The molecule has 0 heterocycles. The van der Waals surface area contributed by atoms with Crippen molar-refractivity contribution in [1.82, 2.24) is 0 Å². The van der Waals surface area contributed by atoms with Crippen LogP contribution < -0.4 is 0 Å². The summed E-state index contributed by atoms with van der Waals surface area (Å²) in [5.41, 5.74) is 0. The third-order valence-electron chi connectivity index (χ3n) is 5.48. The van der Waals surface area contributed by atoms with Crippen molar-refractivity contribution in [3.8, 4) is 0 Å². The van der Waals surface area contributed by atoms with Gasteiger partial charge in [-0.15, -0.1) is 0 Å². The molecule has 2 N–H and O–H groups in total. The van der Waals surface area contributed by atoms with E-state index < -0.39 is 12.1 Å². The van der Waals surface area contributed by atoms with Crippen LogP contribution in [-0.2, 0) is 4.79 Å². The Labute approximate surface area is 102 Å². The van der Waals surface area contributed by atoms with E-state index in [-0.39, 0.29) is 0 Å². The Bertz CT molecular complexity index is 285. The van der Waals surface area contributed by atoms with E-state index in [1.807, 2.05) is 0 Å². The summed E-state index contributed by atoms with van der Waals surface area (Å²) >= 11 is 0. The smallest absolute Gasteiger partial charge is 0.332 e. The van der Waals surface area contributed by atoms with E-state index in [4.69, 9.17) is 5.11 Å². The van der Waals surface area contributed by atoms with Crippen LogP contribution in [0.5, 0.6) is 0 Å². The highest BCUT2D eigenvalue weighted by Gasteiger charge is 2.47. The van der Waals surface area contributed by atoms with Crippen LogP contribution in [0.4, 0.5) is 0 Å². The second-order valence-electron chi connectivity index (χ2n) is 6.53. The van der Waals surface area contributed by atoms with Crippen molar-refractivity contribution >= 4 is 5.97 Å². The van der Waals surface area contributed by atoms with Gasteiger partial charge in [0.1, 0.15) is 0 Å². The van der Waals surface area contributed by atoms with Crippen molar-refractivity contribution in [2.45, 2.75) is 51.0 Å². The van der Waals surface area contributed by atoms with Gasteiger partial charge in [0.25, 0.3) is 0 Å². The lowest BCUT2D eigenvalue weighted by molar-refractivity contribution is -0.147. The molecule has 4 bridgehead atoms. The number of rotatable bonds is 4. The maximum absolute atomic E-state index is 10.6. The maximum atomic E-state index is 10.6. The fraction of sp³-hybridized carbons (Fsp3) is 0.929. The Morgan fingerprint density at radius 2 is 1.59 bits per heavy atom. The molecule has 0 spiro atoms. The van der Waals surface area contributed by atoms with Crippen LogP contribution in [0.15, 0.2) is 0 Å². The third-order valence-corrected chi connectivity index (χ3v) is 5.48. The van der Waals surface area contributed by atoms with Gasteiger partial charge in [0, 0.05) is 0 Å². The monoisotopic (exact) mass is 238 g/mol. The van der Waals surface area contributed by atoms with E-state index in [2.05, 4.69) is 0 Å². The summed E-state index contributed by atoms with van der Waals surface area (Å²) in [6, 6.07) is 0. The second-order valence-corrected chi connectivity index (χ2v) is 6.53. The lowest BCUT2D eigenvalue weighted by Crippen LogP contribution is -2.45. The van der Waals surface area contributed by atoms with Crippen molar-refractivity contribution < 1.29 is 15.0 Å². The van der Waals surface area contributed by atoms with E-state index in [1.165, 1.54) is 32.1 Å². The molecule has 4 rings (SSSR count). The van der Waals surface area contributed by atoms with Gasteiger partial charge in [0.2, 0.25) is 0 Å². The first-order chi connectivity index (χ1) is 8.13. The van der Waals surface area contributed by atoms with Gasteiger partial charge < -0.3 is 10.2 Å². The predicted octanol–water partition coefficient (Wildman–Crippen LogP) is 2.28. The highest BCUT2D eigenvalue weighted by molar-refractivity contribution is 5.71. The number of carbonyl (C=O) groups is 1. The summed E-state index contributed by atoms with van der Waals surface area (Å²) in [5, 5.41) is 18.1. The first-order valence-electron chi connectivity index (χ1n) is 7.04. The Balaban J connectivity index is 1.59. The molecule has 0 aliphatic heterocycles. The largest absolute Gasteiger partial charge is 0.479 e.